The van der Waals surface area contributed by atoms with Crippen LogP contribution in [-0.4, -0.2) is 35.7 Å². The number of benzene rings is 2. The van der Waals surface area contributed by atoms with E-state index in [4.69, 9.17) is 4.74 Å². The quantitative estimate of drug-likeness (QED) is 0.213. The van der Waals surface area contributed by atoms with E-state index in [0.29, 0.717) is 19.7 Å². The minimum Gasteiger partial charge on any atom is -0.492 e. The Bertz CT molecular complexity index is 878. The van der Waals surface area contributed by atoms with Crippen molar-refractivity contribution in [2.45, 2.75) is 20.0 Å². The Morgan fingerprint density at radius 3 is 2.55 bits per heavy atom. The third-order valence-corrected chi connectivity index (χ3v) is 4.32. The molecule has 3 aromatic rings. The van der Waals surface area contributed by atoms with E-state index in [1.165, 1.54) is 11.1 Å². The predicted octanol–water partition coefficient (Wildman–Crippen LogP) is 3.60. The molecule has 0 amide bonds. The first-order valence-corrected chi connectivity index (χ1v) is 9.42. The van der Waals surface area contributed by atoms with E-state index in [1.54, 1.807) is 7.05 Å². The molecule has 2 N–H and O–H groups in total. The number of nitrogens with zero attached hydrogens (tertiary/aromatic N) is 3. The highest BCUT2D eigenvalue weighted by Crippen LogP contribution is 2.10. The van der Waals surface area contributed by atoms with Gasteiger partial charge in [0.05, 0.1) is 13.1 Å². The van der Waals surface area contributed by atoms with Crippen LogP contribution in [-0.2, 0) is 13.1 Å². The lowest BCUT2D eigenvalue weighted by atomic mass is 10.2. The summed E-state index contributed by atoms with van der Waals surface area (Å²) in [6, 6.07) is 18.4. The molecule has 7 heteroatoms. The highest BCUT2D eigenvalue weighted by molar-refractivity contribution is 14.0. The molecule has 0 spiro atoms. The molecule has 0 saturated carbocycles. The predicted molar refractivity (Wildman–Crippen MR) is 128 cm³/mol. The number of ether oxygens (including phenoxy) is 1. The van der Waals surface area contributed by atoms with Crippen molar-refractivity contribution in [3.63, 3.8) is 0 Å². The van der Waals surface area contributed by atoms with E-state index >= 15 is 0 Å². The maximum absolute atomic E-state index is 5.73. The summed E-state index contributed by atoms with van der Waals surface area (Å²) in [5.41, 5.74) is 2.47. The number of aryl methyl sites for hydroxylation is 1. The lowest BCUT2D eigenvalue weighted by molar-refractivity contribution is 0.322. The van der Waals surface area contributed by atoms with Gasteiger partial charge in [0.25, 0.3) is 0 Å². The SMILES string of the molecule is CN=C(NCCOc1ccc(C)cc1)NCc1nccn1Cc1ccccc1.I. The molecule has 0 atom stereocenters. The number of guanidine groups is 1. The average molecular weight is 505 g/mol. The van der Waals surface area contributed by atoms with Gasteiger partial charge in [-0.05, 0) is 24.6 Å². The van der Waals surface area contributed by atoms with Crippen LogP contribution in [0.15, 0.2) is 72.0 Å². The number of rotatable bonds is 8. The van der Waals surface area contributed by atoms with Gasteiger partial charge in [0.1, 0.15) is 18.2 Å². The maximum Gasteiger partial charge on any atom is 0.191 e. The summed E-state index contributed by atoms with van der Waals surface area (Å²) in [6.45, 7) is 4.68. The van der Waals surface area contributed by atoms with Crippen molar-refractivity contribution in [3.8, 4) is 5.75 Å². The molecule has 0 unspecified atom stereocenters. The second kappa shape index (κ2) is 12.1. The van der Waals surface area contributed by atoms with E-state index in [2.05, 4.69) is 56.4 Å². The van der Waals surface area contributed by atoms with Gasteiger partial charge < -0.3 is 19.9 Å². The summed E-state index contributed by atoms with van der Waals surface area (Å²) in [5.74, 6) is 2.56. The molecule has 0 saturated heterocycles. The Morgan fingerprint density at radius 1 is 1.07 bits per heavy atom. The lowest BCUT2D eigenvalue weighted by Crippen LogP contribution is -2.39. The van der Waals surface area contributed by atoms with Gasteiger partial charge >= 0.3 is 0 Å². The van der Waals surface area contributed by atoms with Gasteiger partial charge in [-0.25, -0.2) is 4.98 Å². The molecule has 3 rings (SSSR count). The van der Waals surface area contributed by atoms with E-state index in [-0.39, 0.29) is 24.0 Å². The van der Waals surface area contributed by atoms with Crippen LogP contribution >= 0.6 is 24.0 Å². The fourth-order valence-electron chi connectivity index (χ4n) is 2.79. The molecule has 1 aromatic heterocycles. The van der Waals surface area contributed by atoms with Gasteiger partial charge in [-0.3, -0.25) is 4.99 Å². The van der Waals surface area contributed by atoms with Gasteiger partial charge in [-0.1, -0.05) is 48.0 Å². The van der Waals surface area contributed by atoms with Crippen molar-refractivity contribution >= 4 is 29.9 Å². The molecular weight excluding hydrogens is 477 g/mol. The Hall–Kier alpha value is -2.55. The first-order valence-electron chi connectivity index (χ1n) is 9.42. The van der Waals surface area contributed by atoms with Crippen LogP contribution in [0.3, 0.4) is 0 Å². The fraction of sp³-hybridized carbons (Fsp3) is 0.273. The second-order valence-electron chi connectivity index (χ2n) is 6.47. The van der Waals surface area contributed by atoms with Crippen molar-refractivity contribution in [2.75, 3.05) is 20.2 Å². The summed E-state index contributed by atoms with van der Waals surface area (Å²) in [6.07, 6.45) is 3.82. The Balaban J connectivity index is 0.00000300. The van der Waals surface area contributed by atoms with E-state index in [1.807, 2.05) is 42.7 Å². The molecule has 0 bridgehead atoms. The zero-order valence-corrected chi connectivity index (χ0v) is 19.2. The van der Waals surface area contributed by atoms with Crippen LogP contribution in [0.1, 0.15) is 17.0 Å². The highest BCUT2D eigenvalue weighted by atomic mass is 127. The highest BCUT2D eigenvalue weighted by Gasteiger charge is 2.05. The molecule has 0 aliphatic rings. The minimum atomic E-state index is 0. The van der Waals surface area contributed by atoms with Gasteiger partial charge in [-0.15, -0.1) is 24.0 Å². The first-order chi connectivity index (χ1) is 13.7. The van der Waals surface area contributed by atoms with Crippen LogP contribution in [0.25, 0.3) is 0 Å². The maximum atomic E-state index is 5.73. The molecule has 1 heterocycles. The molecule has 0 radical (unpaired) electrons. The van der Waals surface area contributed by atoms with Gasteiger partial charge in [0.2, 0.25) is 0 Å². The minimum absolute atomic E-state index is 0. The monoisotopic (exact) mass is 505 g/mol. The van der Waals surface area contributed by atoms with Crippen molar-refractivity contribution in [3.05, 3.63) is 83.9 Å². The Labute approximate surface area is 189 Å². The molecular formula is C22H28IN5O. The normalized spacial score (nSPS) is 10.9. The lowest BCUT2D eigenvalue weighted by Gasteiger charge is -2.13. The number of nitrogens with one attached hydrogen (secondary N) is 2. The van der Waals surface area contributed by atoms with Crippen LogP contribution < -0.4 is 15.4 Å². The van der Waals surface area contributed by atoms with Crippen molar-refractivity contribution in [1.29, 1.82) is 0 Å². The third-order valence-electron chi connectivity index (χ3n) is 4.32. The number of hydrogen-bond donors (Lipinski definition) is 2. The number of halogens is 1. The summed E-state index contributed by atoms with van der Waals surface area (Å²) >= 11 is 0. The third kappa shape index (κ3) is 7.41. The molecule has 6 nitrogen and oxygen atoms in total. The molecule has 0 aliphatic carbocycles. The summed E-state index contributed by atoms with van der Waals surface area (Å²) in [4.78, 5) is 8.71. The van der Waals surface area contributed by atoms with Crippen molar-refractivity contribution in [1.82, 2.24) is 20.2 Å². The zero-order valence-electron chi connectivity index (χ0n) is 16.8. The van der Waals surface area contributed by atoms with Gasteiger partial charge in [-0.2, -0.15) is 0 Å². The smallest absolute Gasteiger partial charge is 0.191 e. The molecule has 0 fully saturated rings. The molecule has 154 valence electrons. The largest absolute Gasteiger partial charge is 0.492 e. The van der Waals surface area contributed by atoms with Crippen molar-refractivity contribution in [2.24, 2.45) is 4.99 Å². The summed E-state index contributed by atoms with van der Waals surface area (Å²) in [7, 11) is 1.76. The Kier molecular flexibility index (Phi) is 9.49. The van der Waals surface area contributed by atoms with E-state index in [9.17, 15) is 0 Å². The Morgan fingerprint density at radius 2 is 1.83 bits per heavy atom. The van der Waals surface area contributed by atoms with Gasteiger partial charge in [0.15, 0.2) is 5.96 Å². The number of aliphatic imine (C=N–C) groups is 1. The second-order valence-corrected chi connectivity index (χ2v) is 6.47. The first kappa shape index (κ1) is 22.7. The molecule has 29 heavy (non-hydrogen) atoms. The van der Waals surface area contributed by atoms with Gasteiger partial charge in [0, 0.05) is 26.0 Å². The van der Waals surface area contributed by atoms with Crippen LogP contribution in [0.2, 0.25) is 0 Å². The number of imidazole rings is 1. The van der Waals surface area contributed by atoms with Crippen LogP contribution in [0.4, 0.5) is 0 Å². The number of aromatic nitrogens is 2. The fourth-order valence-corrected chi connectivity index (χ4v) is 2.79. The molecule has 2 aromatic carbocycles. The van der Waals surface area contributed by atoms with Crippen LogP contribution in [0, 0.1) is 6.92 Å². The summed E-state index contributed by atoms with van der Waals surface area (Å²) < 4.78 is 7.87. The standard InChI is InChI=1S/C22H27N5O.HI/c1-18-8-10-20(11-9-18)28-15-13-25-22(23-2)26-16-21-24-12-14-27(21)17-19-6-4-3-5-7-19;/h3-12,14H,13,15-17H2,1-2H3,(H2,23,25,26);1H. The average Bonchev–Trinajstić information content (AvgIpc) is 3.16. The van der Waals surface area contributed by atoms with Crippen molar-refractivity contribution < 1.29 is 4.74 Å². The molecule has 0 aliphatic heterocycles. The summed E-state index contributed by atoms with van der Waals surface area (Å²) in [5, 5.41) is 6.56. The number of hydrogen-bond acceptors (Lipinski definition) is 3. The zero-order chi connectivity index (χ0) is 19.6. The van der Waals surface area contributed by atoms with E-state index in [0.717, 1.165) is 24.1 Å². The topological polar surface area (TPSA) is 63.5 Å². The van der Waals surface area contributed by atoms with Crippen LogP contribution in [0.5, 0.6) is 5.75 Å². The van der Waals surface area contributed by atoms with E-state index < -0.39 is 0 Å².